The molecule has 0 bridgehead atoms. The largest absolute Gasteiger partial charge is 0.479 e. The second-order valence-electron chi connectivity index (χ2n) is 5.02. The minimum Gasteiger partial charge on any atom is -0.479 e. The summed E-state index contributed by atoms with van der Waals surface area (Å²) in [7, 11) is 0. The molecule has 23 heavy (non-hydrogen) atoms. The van der Waals surface area contributed by atoms with E-state index in [2.05, 4.69) is 21.8 Å². The number of carboxylic acid groups (broad SMARTS) is 1. The Balaban J connectivity index is 1.91. The van der Waals surface area contributed by atoms with Crippen LogP contribution in [0.3, 0.4) is 0 Å². The van der Waals surface area contributed by atoms with Gasteiger partial charge in [-0.1, -0.05) is 30.0 Å². The van der Waals surface area contributed by atoms with Gasteiger partial charge >= 0.3 is 5.97 Å². The molecule has 0 atom stereocenters. The molecule has 0 spiro atoms. The van der Waals surface area contributed by atoms with Gasteiger partial charge in [0.2, 0.25) is 0 Å². The van der Waals surface area contributed by atoms with Gasteiger partial charge in [-0.15, -0.1) is 0 Å². The van der Waals surface area contributed by atoms with Crippen molar-refractivity contribution in [2.75, 3.05) is 6.61 Å². The minimum atomic E-state index is -1.05. The van der Waals surface area contributed by atoms with Crippen LogP contribution in [0.2, 0.25) is 0 Å². The summed E-state index contributed by atoms with van der Waals surface area (Å²) < 4.78 is 5.06. The van der Waals surface area contributed by atoms with Gasteiger partial charge in [0, 0.05) is 11.1 Å². The van der Waals surface area contributed by atoms with E-state index in [-0.39, 0.29) is 6.01 Å². The Bertz CT molecular complexity index is 918. The van der Waals surface area contributed by atoms with Gasteiger partial charge in [-0.25, -0.2) is 4.79 Å². The van der Waals surface area contributed by atoms with Gasteiger partial charge in [0.05, 0.1) is 11.0 Å². The molecule has 5 heteroatoms. The minimum absolute atomic E-state index is 0.190. The van der Waals surface area contributed by atoms with Gasteiger partial charge < -0.3 is 14.8 Å². The Morgan fingerprint density at radius 2 is 2.04 bits per heavy atom. The average Bonchev–Trinajstić information content (AvgIpc) is 2.93. The van der Waals surface area contributed by atoms with Crippen LogP contribution in [0.15, 0.2) is 42.5 Å². The number of carboxylic acids is 1. The Labute approximate surface area is 132 Å². The first-order chi connectivity index (χ1) is 11.1. The van der Waals surface area contributed by atoms with Gasteiger partial charge in [-0.2, -0.15) is 4.98 Å². The molecule has 0 saturated carbocycles. The monoisotopic (exact) mass is 306 g/mol. The van der Waals surface area contributed by atoms with E-state index in [1.54, 1.807) is 0 Å². The lowest BCUT2D eigenvalue weighted by molar-refractivity contribution is -0.139. The number of imidazole rings is 1. The van der Waals surface area contributed by atoms with Crippen LogP contribution in [0.4, 0.5) is 0 Å². The average molecular weight is 306 g/mol. The Morgan fingerprint density at radius 1 is 1.26 bits per heavy atom. The first-order valence-electron chi connectivity index (χ1n) is 7.04. The van der Waals surface area contributed by atoms with Gasteiger partial charge in [0.15, 0.2) is 6.61 Å². The normalized spacial score (nSPS) is 10.1. The molecule has 3 rings (SSSR count). The lowest BCUT2D eigenvalue weighted by Crippen LogP contribution is -2.09. The molecule has 0 unspecified atom stereocenters. The summed E-state index contributed by atoms with van der Waals surface area (Å²) in [6.07, 6.45) is 0. The van der Waals surface area contributed by atoms with Crippen molar-refractivity contribution in [3.05, 3.63) is 59.2 Å². The van der Waals surface area contributed by atoms with Crippen LogP contribution in [0.5, 0.6) is 6.01 Å². The maximum atomic E-state index is 10.5. The zero-order chi connectivity index (χ0) is 16.2. The van der Waals surface area contributed by atoms with E-state index >= 15 is 0 Å². The maximum Gasteiger partial charge on any atom is 0.341 e. The van der Waals surface area contributed by atoms with Crippen molar-refractivity contribution in [1.29, 1.82) is 0 Å². The van der Waals surface area contributed by atoms with Crippen molar-refractivity contribution in [2.24, 2.45) is 0 Å². The predicted molar refractivity (Wildman–Crippen MR) is 86.4 cm³/mol. The third kappa shape index (κ3) is 3.50. The lowest BCUT2D eigenvalue weighted by Gasteiger charge is -1.97. The van der Waals surface area contributed by atoms with Crippen molar-refractivity contribution >= 4 is 17.0 Å². The topological polar surface area (TPSA) is 75.2 Å². The number of hydrogen-bond acceptors (Lipinski definition) is 3. The molecular formula is C18H14N2O3. The number of aromatic nitrogens is 2. The number of benzene rings is 2. The number of aromatic amines is 1. The number of aliphatic carboxylic acids is 1. The fourth-order valence-corrected chi connectivity index (χ4v) is 2.14. The summed E-state index contributed by atoms with van der Waals surface area (Å²) in [4.78, 5) is 17.7. The lowest BCUT2D eigenvalue weighted by atomic mass is 10.1. The molecule has 2 N–H and O–H groups in total. The number of H-pyrrole nitrogens is 1. The second kappa shape index (κ2) is 6.24. The molecule has 0 amide bonds. The molecule has 1 aromatic heterocycles. The summed E-state index contributed by atoms with van der Waals surface area (Å²) in [6.45, 7) is 1.53. The zero-order valence-corrected chi connectivity index (χ0v) is 12.5. The van der Waals surface area contributed by atoms with Crippen molar-refractivity contribution < 1.29 is 14.6 Å². The summed E-state index contributed by atoms with van der Waals surface area (Å²) in [5.41, 5.74) is 4.30. The van der Waals surface area contributed by atoms with E-state index in [1.807, 2.05) is 49.4 Å². The number of carbonyl (C=O) groups is 1. The highest BCUT2D eigenvalue weighted by Crippen LogP contribution is 2.20. The van der Waals surface area contributed by atoms with E-state index in [9.17, 15) is 4.79 Å². The van der Waals surface area contributed by atoms with Crippen LogP contribution >= 0.6 is 0 Å². The Morgan fingerprint density at radius 3 is 2.78 bits per heavy atom. The summed E-state index contributed by atoms with van der Waals surface area (Å²) in [5, 5.41) is 8.63. The number of ether oxygens (including phenoxy) is 1. The second-order valence-corrected chi connectivity index (χ2v) is 5.02. The van der Waals surface area contributed by atoms with E-state index in [0.717, 1.165) is 22.2 Å². The molecule has 3 aromatic rings. The number of hydrogen-bond donors (Lipinski definition) is 2. The van der Waals surface area contributed by atoms with Crippen molar-refractivity contribution in [3.63, 3.8) is 0 Å². The van der Waals surface area contributed by atoms with Crippen LogP contribution in [-0.2, 0) is 4.79 Å². The molecule has 1 heterocycles. The smallest absolute Gasteiger partial charge is 0.341 e. The maximum absolute atomic E-state index is 10.5. The van der Waals surface area contributed by atoms with Crippen molar-refractivity contribution in [1.82, 2.24) is 9.97 Å². The zero-order valence-electron chi connectivity index (χ0n) is 12.5. The molecule has 0 fully saturated rings. The molecule has 0 radical (unpaired) electrons. The molecule has 0 aliphatic carbocycles. The Kier molecular flexibility index (Phi) is 3.98. The highest BCUT2D eigenvalue weighted by atomic mass is 16.5. The van der Waals surface area contributed by atoms with Crippen LogP contribution in [0.25, 0.3) is 11.0 Å². The molecule has 0 aliphatic rings. The third-order valence-electron chi connectivity index (χ3n) is 3.25. The van der Waals surface area contributed by atoms with Crippen LogP contribution < -0.4 is 4.74 Å². The summed E-state index contributed by atoms with van der Waals surface area (Å²) in [5.74, 6) is 5.21. The molecule has 2 aromatic carbocycles. The van der Waals surface area contributed by atoms with E-state index in [1.165, 1.54) is 0 Å². The number of rotatable bonds is 3. The van der Waals surface area contributed by atoms with Gasteiger partial charge in [0.1, 0.15) is 0 Å². The van der Waals surface area contributed by atoms with Crippen LogP contribution in [0, 0.1) is 18.8 Å². The van der Waals surface area contributed by atoms with Crippen molar-refractivity contribution in [3.8, 4) is 17.9 Å². The third-order valence-corrected chi connectivity index (χ3v) is 3.25. The fourth-order valence-electron chi connectivity index (χ4n) is 2.14. The van der Waals surface area contributed by atoms with E-state index in [0.29, 0.717) is 5.52 Å². The standard InChI is InChI=1S/C18H14N2O3/c1-12-9-15-16(20-18(19-15)23-11-17(21)22)10-14(12)8-7-13-5-3-2-4-6-13/h2-6,9-10H,11H2,1H3,(H,19,20)(H,21,22). The van der Waals surface area contributed by atoms with E-state index < -0.39 is 12.6 Å². The first-order valence-corrected chi connectivity index (χ1v) is 7.04. The van der Waals surface area contributed by atoms with Crippen LogP contribution in [-0.4, -0.2) is 27.7 Å². The molecule has 114 valence electrons. The quantitative estimate of drug-likeness (QED) is 0.730. The van der Waals surface area contributed by atoms with E-state index in [4.69, 9.17) is 9.84 Å². The first kappa shape index (κ1) is 14.7. The predicted octanol–water partition coefficient (Wildman–Crippen LogP) is 2.73. The summed E-state index contributed by atoms with van der Waals surface area (Å²) in [6, 6.07) is 13.7. The molecule has 5 nitrogen and oxygen atoms in total. The number of nitrogens with zero attached hydrogens (tertiary/aromatic N) is 1. The molecule has 0 aliphatic heterocycles. The van der Waals surface area contributed by atoms with Gasteiger partial charge in [0.25, 0.3) is 6.01 Å². The highest BCUT2D eigenvalue weighted by Gasteiger charge is 2.08. The van der Waals surface area contributed by atoms with Gasteiger partial charge in [-0.05, 0) is 36.8 Å². The number of nitrogens with one attached hydrogen (secondary N) is 1. The van der Waals surface area contributed by atoms with Gasteiger partial charge in [-0.3, -0.25) is 0 Å². The SMILES string of the molecule is Cc1cc2[nH]c(OCC(=O)O)nc2cc1C#Cc1ccccc1. The molecule has 0 saturated heterocycles. The number of aryl methyl sites for hydroxylation is 1. The number of fused-ring (bicyclic) bond motifs is 1. The Hall–Kier alpha value is -3.26. The molecular weight excluding hydrogens is 292 g/mol. The fraction of sp³-hybridized carbons (Fsp3) is 0.111. The highest BCUT2D eigenvalue weighted by molar-refractivity contribution is 5.79. The van der Waals surface area contributed by atoms with Crippen molar-refractivity contribution in [2.45, 2.75) is 6.92 Å². The van der Waals surface area contributed by atoms with Crippen LogP contribution in [0.1, 0.15) is 16.7 Å². The summed E-state index contributed by atoms with van der Waals surface area (Å²) >= 11 is 0.